The molecule has 1 atom stereocenters. The smallest absolute Gasteiger partial charge is 0.243 e. The molecule has 1 N–H and O–H groups in total. The molecule has 0 radical (unpaired) electrons. The van der Waals surface area contributed by atoms with Gasteiger partial charge in [-0.2, -0.15) is 4.98 Å². The van der Waals surface area contributed by atoms with Gasteiger partial charge in [0.2, 0.25) is 11.2 Å². The predicted molar refractivity (Wildman–Crippen MR) is 88.4 cm³/mol. The molecule has 1 unspecified atom stereocenters. The summed E-state index contributed by atoms with van der Waals surface area (Å²) in [5.74, 6) is 1.10. The molecule has 6 nitrogen and oxygen atoms in total. The molecule has 0 aliphatic rings. The highest BCUT2D eigenvalue weighted by Gasteiger charge is 2.15. The Balaban J connectivity index is 1.92. The maximum atomic E-state index is 13.1. The second kappa shape index (κ2) is 6.84. The van der Waals surface area contributed by atoms with E-state index in [1.54, 1.807) is 17.6 Å². The van der Waals surface area contributed by atoms with E-state index in [0.29, 0.717) is 31.1 Å². The maximum Gasteiger partial charge on any atom is 0.243 e. The van der Waals surface area contributed by atoms with Crippen molar-refractivity contribution in [3.05, 3.63) is 39.9 Å². The van der Waals surface area contributed by atoms with Gasteiger partial charge < -0.3 is 9.73 Å². The Hall–Kier alpha value is -1.67. The van der Waals surface area contributed by atoms with Crippen LogP contribution < -0.4 is 5.32 Å². The average Bonchev–Trinajstić information content (AvgIpc) is 3.12. The third-order valence-corrected chi connectivity index (χ3v) is 4.33. The van der Waals surface area contributed by atoms with Crippen LogP contribution in [0.4, 0.5) is 10.2 Å². The van der Waals surface area contributed by atoms with Crippen LogP contribution in [0, 0.1) is 0 Å². The number of nitrogens with zero attached hydrogens (tertiary/aromatic N) is 4. The van der Waals surface area contributed by atoms with E-state index in [2.05, 4.69) is 36.3 Å². The van der Waals surface area contributed by atoms with Crippen molar-refractivity contribution in [3.63, 3.8) is 0 Å². The van der Waals surface area contributed by atoms with Crippen molar-refractivity contribution in [2.24, 2.45) is 0 Å². The molecule has 3 aromatic rings. The summed E-state index contributed by atoms with van der Waals surface area (Å²) in [6.07, 6.45) is 3.25. The van der Waals surface area contributed by atoms with Crippen LogP contribution in [0.25, 0.3) is 5.52 Å². The van der Waals surface area contributed by atoms with Crippen molar-refractivity contribution in [2.75, 3.05) is 5.32 Å². The lowest BCUT2D eigenvalue weighted by Crippen LogP contribution is -2.06. The molecule has 0 bridgehead atoms. The molecular formula is C14H14BrClFN5O. The fourth-order valence-electron chi connectivity index (χ4n) is 2.21. The van der Waals surface area contributed by atoms with E-state index in [0.717, 1.165) is 15.7 Å². The van der Waals surface area contributed by atoms with Gasteiger partial charge in [-0.05, 0) is 58.9 Å². The van der Waals surface area contributed by atoms with E-state index in [9.17, 15) is 4.39 Å². The third kappa shape index (κ3) is 3.64. The Kier molecular flexibility index (Phi) is 4.82. The van der Waals surface area contributed by atoms with E-state index >= 15 is 0 Å². The first kappa shape index (κ1) is 16.2. The van der Waals surface area contributed by atoms with Crippen LogP contribution in [0.1, 0.15) is 24.8 Å². The molecule has 3 heterocycles. The lowest BCUT2D eigenvalue weighted by molar-refractivity contribution is 0.341. The first-order valence-electron chi connectivity index (χ1n) is 7.04. The summed E-state index contributed by atoms with van der Waals surface area (Å²) in [7, 11) is 0. The van der Waals surface area contributed by atoms with Gasteiger partial charge in [-0.15, -0.1) is 5.10 Å². The molecule has 0 aliphatic carbocycles. The van der Waals surface area contributed by atoms with E-state index in [-0.39, 0.29) is 5.28 Å². The monoisotopic (exact) mass is 401 g/mol. The van der Waals surface area contributed by atoms with Crippen molar-refractivity contribution >= 4 is 38.9 Å². The second-order valence-electron chi connectivity index (χ2n) is 5.09. The van der Waals surface area contributed by atoms with Crippen LogP contribution in [-0.2, 0) is 13.0 Å². The van der Waals surface area contributed by atoms with Gasteiger partial charge in [-0.3, -0.25) is 0 Å². The van der Waals surface area contributed by atoms with Crippen molar-refractivity contribution in [1.29, 1.82) is 0 Å². The summed E-state index contributed by atoms with van der Waals surface area (Å²) >= 11 is 9.48. The summed E-state index contributed by atoms with van der Waals surface area (Å²) in [6, 6.07) is 1.92. The lowest BCUT2D eigenvalue weighted by atomic mass is 10.1. The van der Waals surface area contributed by atoms with Crippen molar-refractivity contribution in [1.82, 2.24) is 19.6 Å². The topological polar surface area (TPSA) is 68.2 Å². The molecule has 122 valence electrons. The molecule has 0 amide bonds. The molecule has 3 rings (SSSR count). The molecule has 9 heteroatoms. The minimum absolute atomic E-state index is 0.106. The summed E-state index contributed by atoms with van der Waals surface area (Å²) < 4.78 is 20.7. The number of hydrogen-bond acceptors (Lipinski definition) is 5. The summed E-state index contributed by atoms with van der Waals surface area (Å²) in [5.41, 5.74) is 1.69. The van der Waals surface area contributed by atoms with Crippen molar-refractivity contribution in [2.45, 2.75) is 32.5 Å². The van der Waals surface area contributed by atoms with Crippen molar-refractivity contribution in [3.8, 4) is 0 Å². The Morgan fingerprint density at radius 3 is 3.04 bits per heavy atom. The largest absolute Gasteiger partial charge is 0.447 e. The quantitative estimate of drug-likeness (QED) is 0.674. The van der Waals surface area contributed by atoms with E-state index in [1.165, 1.54) is 6.26 Å². The van der Waals surface area contributed by atoms with Crippen LogP contribution in [0.5, 0.6) is 0 Å². The average molecular weight is 403 g/mol. The molecular weight excluding hydrogens is 389 g/mol. The zero-order valence-electron chi connectivity index (χ0n) is 12.3. The second-order valence-corrected chi connectivity index (χ2v) is 6.17. The number of aryl methyl sites for hydroxylation is 1. The van der Waals surface area contributed by atoms with Crippen LogP contribution in [0.3, 0.4) is 0 Å². The number of hydrogen-bond donors (Lipinski definition) is 1. The minimum Gasteiger partial charge on any atom is -0.447 e. The highest BCUT2D eigenvalue weighted by Crippen LogP contribution is 2.28. The molecule has 0 fully saturated rings. The normalized spacial score (nSPS) is 12.7. The number of fused-ring (bicyclic) bond motifs is 1. The Morgan fingerprint density at radius 1 is 1.52 bits per heavy atom. The van der Waals surface area contributed by atoms with Gasteiger partial charge in [0.1, 0.15) is 16.4 Å². The number of halogens is 3. The van der Waals surface area contributed by atoms with E-state index in [1.807, 2.05) is 6.07 Å². The first-order valence-corrected chi connectivity index (χ1v) is 8.21. The standard InChI is InChI=1S/C14H14BrClFN5O/c1-8(17)2-3-9-6-10-13(19-7-11-18-4-5-23-11)20-14(16)21-22(10)12(9)15/h4-6,8H,2-3,7H2,1H3,(H,19,20,21). The number of anilines is 1. The highest BCUT2D eigenvalue weighted by molar-refractivity contribution is 9.10. The Morgan fingerprint density at radius 2 is 2.35 bits per heavy atom. The Labute approximate surface area is 145 Å². The zero-order valence-corrected chi connectivity index (χ0v) is 14.6. The number of rotatable bonds is 6. The molecule has 3 aromatic heterocycles. The molecule has 0 saturated heterocycles. The van der Waals surface area contributed by atoms with Gasteiger partial charge in [0.25, 0.3) is 0 Å². The highest BCUT2D eigenvalue weighted by atomic mass is 79.9. The van der Waals surface area contributed by atoms with Gasteiger partial charge >= 0.3 is 0 Å². The fourth-order valence-corrected chi connectivity index (χ4v) is 2.95. The van der Waals surface area contributed by atoms with E-state index < -0.39 is 6.17 Å². The van der Waals surface area contributed by atoms with Gasteiger partial charge in [0, 0.05) is 0 Å². The third-order valence-electron chi connectivity index (χ3n) is 3.32. The minimum atomic E-state index is -0.859. The molecule has 0 aromatic carbocycles. The van der Waals surface area contributed by atoms with Crippen molar-refractivity contribution < 1.29 is 8.81 Å². The number of nitrogens with one attached hydrogen (secondary N) is 1. The predicted octanol–water partition coefficient (Wildman–Crippen LogP) is 4.04. The van der Waals surface area contributed by atoms with Gasteiger partial charge in [0.05, 0.1) is 18.9 Å². The van der Waals surface area contributed by atoms with Crippen LogP contribution in [0.15, 0.2) is 27.5 Å². The zero-order chi connectivity index (χ0) is 16.4. The molecule has 0 spiro atoms. The fraction of sp³-hybridized carbons (Fsp3) is 0.357. The summed E-state index contributed by atoms with van der Waals surface area (Å²) in [5, 5.41) is 7.41. The Bertz CT molecular complexity index is 805. The first-order chi connectivity index (χ1) is 11.0. The summed E-state index contributed by atoms with van der Waals surface area (Å²) in [4.78, 5) is 8.25. The number of alkyl halides is 1. The van der Waals surface area contributed by atoms with Crippen LogP contribution >= 0.6 is 27.5 Å². The number of aromatic nitrogens is 4. The SMILES string of the molecule is CC(F)CCc1cc2c(NCc3ncco3)nc(Cl)nn2c1Br. The van der Waals surface area contributed by atoms with Crippen LogP contribution in [-0.4, -0.2) is 25.8 Å². The summed E-state index contributed by atoms with van der Waals surface area (Å²) in [6.45, 7) is 1.92. The van der Waals surface area contributed by atoms with Gasteiger partial charge in [-0.25, -0.2) is 13.9 Å². The van der Waals surface area contributed by atoms with Gasteiger partial charge in [0.15, 0.2) is 5.82 Å². The molecule has 0 saturated carbocycles. The molecule has 23 heavy (non-hydrogen) atoms. The van der Waals surface area contributed by atoms with Crippen LogP contribution in [0.2, 0.25) is 5.28 Å². The van der Waals surface area contributed by atoms with E-state index in [4.69, 9.17) is 16.0 Å². The maximum absolute atomic E-state index is 13.1. The lowest BCUT2D eigenvalue weighted by Gasteiger charge is -2.06. The number of oxazole rings is 1. The van der Waals surface area contributed by atoms with Gasteiger partial charge in [-0.1, -0.05) is 0 Å². The molecule has 0 aliphatic heterocycles.